The van der Waals surface area contributed by atoms with Gasteiger partial charge in [0.25, 0.3) is 0 Å². The van der Waals surface area contributed by atoms with Crippen LogP contribution < -0.4 is 0 Å². The average molecular weight is 257 g/mol. The number of ether oxygens (including phenoxy) is 2. The van der Waals surface area contributed by atoms with Gasteiger partial charge in [0.2, 0.25) is 0 Å². The predicted octanol–water partition coefficient (Wildman–Crippen LogP) is 2.75. The Bertz CT molecular complexity index is 304. The smallest absolute Gasteiger partial charge is 0.112 e. The van der Waals surface area contributed by atoms with Crippen LogP contribution in [-0.4, -0.2) is 18.8 Å². The van der Waals surface area contributed by atoms with Crippen molar-refractivity contribution in [3.63, 3.8) is 0 Å². The first-order valence-electron chi connectivity index (χ1n) is 4.64. The van der Waals surface area contributed by atoms with Crippen molar-refractivity contribution in [1.82, 2.24) is 0 Å². The van der Waals surface area contributed by atoms with Crippen LogP contribution >= 0.6 is 15.9 Å². The Hall–Kier alpha value is -0.380. The van der Waals surface area contributed by atoms with Gasteiger partial charge in [-0.05, 0) is 24.6 Å². The molecule has 2 nitrogen and oxygen atoms in total. The van der Waals surface area contributed by atoms with Crippen LogP contribution in [0, 0.1) is 0 Å². The Morgan fingerprint density at radius 3 is 2.64 bits per heavy atom. The predicted molar refractivity (Wildman–Crippen MR) is 58.2 cm³/mol. The average Bonchev–Trinajstić information content (AvgIpc) is 2.88. The van der Waals surface area contributed by atoms with Crippen LogP contribution in [0.1, 0.15) is 12.5 Å². The summed E-state index contributed by atoms with van der Waals surface area (Å²) >= 11 is 3.39. The molecule has 0 N–H and O–H groups in total. The van der Waals surface area contributed by atoms with Crippen molar-refractivity contribution < 1.29 is 9.47 Å². The highest BCUT2D eigenvalue weighted by Gasteiger charge is 2.39. The molecule has 3 heteroatoms. The molecule has 1 aromatic rings. The molecule has 1 unspecified atom stereocenters. The quantitative estimate of drug-likeness (QED) is 0.773. The highest BCUT2D eigenvalue weighted by Crippen LogP contribution is 2.26. The van der Waals surface area contributed by atoms with E-state index in [1.54, 1.807) is 0 Å². The maximum Gasteiger partial charge on any atom is 0.112 e. The summed E-state index contributed by atoms with van der Waals surface area (Å²) in [6.45, 7) is 4.23. The lowest BCUT2D eigenvalue weighted by atomic mass is 10.2. The summed E-state index contributed by atoms with van der Waals surface area (Å²) in [6.07, 6.45) is 0. The van der Waals surface area contributed by atoms with E-state index in [1.165, 1.54) is 5.56 Å². The molecule has 1 atom stereocenters. The molecular formula is C11H13BrO2. The van der Waals surface area contributed by atoms with Gasteiger partial charge in [0, 0.05) is 4.47 Å². The van der Waals surface area contributed by atoms with E-state index in [9.17, 15) is 0 Å². The van der Waals surface area contributed by atoms with Gasteiger partial charge in [-0.1, -0.05) is 28.1 Å². The Morgan fingerprint density at radius 2 is 2.07 bits per heavy atom. The van der Waals surface area contributed by atoms with Crippen LogP contribution in [0.4, 0.5) is 0 Å². The fourth-order valence-electron chi connectivity index (χ4n) is 1.17. The van der Waals surface area contributed by atoms with E-state index in [2.05, 4.69) is 35.0 Å². The number of rotatable bonds is 4. The molecule has 0 aliphatic carbocycles. The minimum Gasteiger partial charge on any atom is -0.374 e. The standard InChI is InChI=1S/C11H13BrO2/c1-11(8-14-11)7-13-6-9-2-4-10(12)5-3-9/h2-5H,6-8H2,1H3. The SMILES string of the molecule is CC1(COCc2ccc(Br)cc2)CO1. The van der Waals surface area contributed by atoms with Crippen molar-refractivity contribution in [2.45, 2.75) is 19.1 Å². The highest BCUT2D eigenvalue weighted by atomic mass is 79.9. The van der Waals surface area contributed by atoms with E-state index in [0.29, 0.717) is 13.2 Å². The van der Waals surface area contributed by atoms with Crippen molar-refractivity contribution in [3.8, 4) is 0 Å². The molecule has 0 amide bonds. The molecule has 1 heterocycles. The fourth-order valence-corrected chi connectivity index (χ4v) is 1.44. The summed E-state index contributed by atoms with van der Waals surface area (Å²) in [5.74, 6) is 0. The summed E-state index contributed by atoms with van der Waals surface area (Å²) < 4.78 is 11.9. The lowest BCUT2D eigenvalue weighted by molar-refractivity contribution is 0.0742. The monoisotopic (exact) mass is 256 g/mol. The second-order valence-electron chi connectivity index (χ2n) is 3.86. The van der Waals surface area contributed by atoms with Gasteiger partial charge in [0.15, 0.2) is 0 Å². The summed E-state index contributed by atoms with van der Waals surface area (Å²) in [7, 11) is 0. The minimum absolute atomic E-state index is 0.00460. The summed E-state index contributed by atoms with van der Waals surface area (Å²) in [4.78, 5) is 0. The van der Waals surface area contributed by atoms with Crippen LogP contribution in [0.3, 0.4) is 0 Å². The van der Waals surface area contributed by atoms with Crippen molar-refractivity contribution in [2.24, 2.45) is 0 Å². The van der Waals surface area contributed by atoms with Gasteiger partial charge < -0.3 is 9.47 Å². The summed E-state index contributed by atoms with van der Waals surface area (Å²) in [6, 6.07) is 8.16. The molecule has 1 aliphatic heterocycles. The molecule has 0 radical (unpaired) electrons. The van der Waals surface area contributed by atoms with E-state index >= 15 is 0 Å². The van der Waals surface area contributed by atoms with Crippen molar-refractivity contribution in [2.75, 3.05) is 13.2 Å². The summed E-state index contributed by atoms with van der Waals surface area (Å²) in [5, 5.41) is 0. The topological polar surface area (TPSA) is 21.8 Å². The van der Waals surface area contributed by atoms with Gasteiger partial charge in [0.05, 0.1) is 19.8 Å². The molecule has 1 aliphatic rings. The molecule has 0 bridgehead atoms. The van der Waals surface area contributed by atoms with Crippen LogP contribution in [-0.2, 0) is 16.1 Å². The first-order chi connectivity index (χ1) is 6.68. The van der Waals surface area contributed by atoms with E-state index in [0.717, 1.165) is 11.1 Å². The van der Waals surface area contributed by atoms with E-state index in [4.69, 9.17) is 9.47 Å². The maximum absolute atomic E-state index is 5.55. The lowest BCUT2D eigenvalue weighted by Crippen LogP contribution is -2.14. The van der Waals surface area contributed by atoms with Crippen LogP contribution in [0.15, 0.2) is 28.7 Å². The molecule has 0 spiro atoms. The molecular weight excluding hydrogens is 244 g/mol. The molecule has 76 valence electrons. The molecule has 0 saturated carbocycles. The number of epoxide rings is 1. The Labute approximate surface area is 92.3 Å². The van der Waals surface area contributed by atoms with Gasteiger partial charge in [-0.3, -0.25) is 0 Å². The van der Waals surface area contributed by atoms with Crippen LogP contribution in [0.5, 0.6) is 0 Å². The maximum atomic E-state index is 5.55. The zero-order valence-electron chi connectivity index (χ0n) is 8.13. The number of benzene rings is 1. The van der Waals surface area contributed by atoms with Gasteiger partial charge in [0.1, 0.15) is 5.60 Å². The largest absolute Gasteiger partial charge is 0.374 e. The van der Waals surface area contributed by atoms with E-state index < -0.39 is 0 Å². The Balaban J connectivity index is 1.77. The van der Waals surface area contributed by atoms with Gasteiger partial charge in [-0.2, -0.15) is 0 Å². The van der Waals surface area contributed by atoms with Crippen molar-refractivity contribution in [1.29, 1.82) is 0 Å². The molecule has 2 rings (SSSR count). The van der Waals surface area contributed by atoms with E-state index in [1.807, 2.05) is 12.1 Å². The van der Waals surface area contributed by atoms with Gasteiger partial charge in [-0.15, -0.1) is 0 Å². The lowest BCUT2D eigenvalue weighted by Gasteiger charge is -2.06. The van der Waals surface area contributed by atoms with Crippen molar-refractivity contribution in [3.05, 3.63) is 34.3 Å². The molecule has 1 aromatic carbocycles. The fraction of sp³-hybridized carbons (Fsp3) is 0.455. The van der Waals surface area contributed by atoms with Crippen LogP contribution in [0.2, 0.25) is 0 Å². The first kappa shape index (κ1) is 10.1. The second-order valence-corrected chi connectivity index (χ2v) is 4.77. The third kappa shape index (κ3) is 2.80. The number of hydrogen-bond donors (Lipinski definition) is 0. The number of halogens is 1. The highest BCUT2D eigenvalue weighted by molar-refractivity contribution is 9.10. The zero-order valence-corrected chi connectivity index (χ0v) is 9.71. The van der Waals surface area contributed by atoms with E-state index in [-0.39, 0.29) is 5.60 Å². The Morgan fingerprint density at radius 1 is 1.43 bits per heavy atom. The minimum atomic E-state index is -0.00460. The zero-order chi connectivity index (χ0) is 10.0. The second kappa shape index (κ2) is 4.01. The molecule has 0 aromatic heterocycles. The normalized spacial score (nSPS) is 25.0. The molecule has 1 saturated heterocycles. The summed E-state index contributed by atoms with van der Waals surface area (Å²) in [5.41, 5.74) is 1.19. The van der Waals surface area contributed by atoms with Crippen LogP contribution in [0.25, 0.3) is 0 Å². The first-order valence-corrected chi connectivity index (χ1v) is 5.43. The molecule has 14 heavy (non-hydrogen) atoms. The molecule has 1 fully saturated rings. The third-order valence-electron chi connectivity index (χ3n) is 2.23. The van der Waals surface area contributed by atoms with Gasteiger partial charge in [-0.25, -0.2) is 0 Å². The number of hydrogen-bond acceptors (Lipinski definition) is 2. The van der Waals surface area contributed by atoms with Crippen molar-refractivity contribution >= 4 is 15.9 Å². The Kier molecular flexibility index (Phi) is 2.91. The van der Waals surface area contributed by atoms with Gasteiger partial charge >= 0.3 is 0 Å². The third-order valence-corrected chi connectivity index (χ3v) is 2.76.